The molecule has 1 amide bonds. The first kappa shape index (κ1) is 17.2. The highest BCUT2D eigenvalue weighted by Crippen LogP contribution is 2.22. The summed E-state index contributed by atoms with van der Waals surface area (Å²) >= 11 is 0. The summed E-state index contributed by atoms with van der Waals surface area (Å²) in [4.78, 5) is 13.5. The van der Waals surface area contributed by atoms with E-state index in [1.165, 1.54) is 0 Å². The molecule has 0 aromatic carbocycles. The Labute approximate surface area is 117 Å². The topological polar surface area (TPSA) is 52.6 Å². The zero-order valence-corrected chi connectivity index (χ0v) is 11.9. The van der Waals surface area contributed by atoms with Gasteiger partial charge in [-0.15, -0.1) is 0 Å². The molecule has 2 N–H and O–H groups in total. The van der Waals surface area contributed by atoms with Crippen LogP contribution in [0.1, 0.15) is 33.1 Å². The van der Waals surface area contributed by atoms with E-state index in [-0.39, 0.29) is 18.4 Å². The minimum absolute atomic E-state index is 0.0586. The SMILES string of the molecule is CCCC(=O)N1CC(NCC(F)(F)F)CC(C(C)O)C1. The van der Waals surface area contributed by atoms with Crippen LogP contribution in [0.4, 0.5) is 13.2 Å². The lowest BCUT2D eigenvalue weighted by Crippen LogP contribution is -2.54. The van der Waals surface area contributed by atoms with Gasteiger partial charge in [-0.2, -0.15) is 13.2 Å². The zero-order valence-electron chi connectivity index (χ0n) is 11.9. The fraction of sp³-hybridized carbons (Fsp3) is 0.923. The van der Waals surface area contributed by atoms with Crippen LogP contribution in [0.25, 0.3) is 0 Å². The molecule has 7 heteroatoms. The van der Waals surface area contributed by atoms with Gasteiger partial charge in [0.15, 0.2) is 0 Å². The van der Waals surface area contributed by atoms with Gasteiger partial charge in [0, 0.05) is 31.5 Å². The lowest BCUT2D eigenvalue weighted by molar-refractivity contribution is -0.136. The quantitative estimate of drug-likeness (QED) is 0.809. The maximum Gasteiger partial charge on any atom is 0.401 e. The van der Waals surface area contributed by atoms with Crippen LogP contribution in [0.15, 0.2) is 0 Å². The molecule has 118 valence electrons. The maximum absolute atomic E-state index is 12.3. The maximum atomic E-state index is 12.3. The molecule has 1 heterocycles. The summed E-state index contributed by atoms with van der Waals surface area (Å²) in [6, 6.07) is -0.425. The van der Waals surface area contributed by atoms with Gasteiger partial charge in [-0.3, -0.25) is 4.79 Å². The number of carbonyl (C=O) groups is 1. The average molecular weight is 296 g/mol. The zero-order chi connectivity index (χ0) is 15.3. The van der Waals surface area contributed by atoms with E-state index >= 15 is 0 Å². The van der Waals surface area contributed by atoms with Crippen molar-refractivity contribution in [1.29, 1.82) is 0 Å². The molecule has 1 fully saturated rings. The van der Waals surface area contributed by atoms with E-state index in [2.05, 4.69) is 5.32 Å². The summed E-state index contributed by atoms with van der Waals surface area (Å²) in [5.74, 6) is -0.244. The summed E-state index contributed by atoms with van der Waals surface area (Å²) in [6.07, 6.45) is -3.37. The lowest BCUT2D eigenvalue weighted by atomic mass is 9.90. The minimum atomic E-state index is -4.27. The van der Waals surface area contributed by atoms with E-state index in [0.717, 1.165) is 0 Å². The Hall–Kier alpha value is -0.820. The Morgan fingerprint density at radius 2 is 2.10 bits per heavy atom. The first-order valence-corrected chi connectivity index (χ1v) is 6.99. The molecular formula is C13H23F3N2O2. The molecule has 20 heavy (non-hydrogen) atoms. The molecule has 0 aromatic rings. The monoisotopic (exact) mass is 296 g/mol. The standard InChI is InChI=1S/C13H23F3N2O2/c1-3-4-12(20)18-6-10(9(2)19)5-11(7-18)17-8-13(14,15)16/h9-11,17,19H,3-8H2,1-2H3. The van der Waals surface area contributed by atoms with Crippen molar-refractivity contribution in [3.05, 3.63) is 0 Å². The number of amides is 1. The highest BCUT2D eigenvalue weighted by Gasteiger charge is 2.34. The predicted octanol–water partition coefficient (Wildman–Crippen LogP) is 1.54. The second kappa shape index (κ2) is 7.26. The summed E-state index contributed by atoms with van der Waals surface area (Å²) in [5, 5.41) is 12.1. The molecule has 0 bridgehead atoms. The second-order valence-corrected chi connectivity index (χ2v) is 5.48. The van der Waals surface area contributed by atoms with Crippen LogP contribution in [0.2, 0.25) is 0 Å². The largest absolute Gasteiger partial charge is 0.401 e. The Morgan fingerprint density at radius 1 is 1.45 bits per heavy atom. The number of rotatable bonds is 5. The van der Waals surface area contributed by atoms with Gasteiger partial charge in [-0.25, -0.2) is 0 Å². The Bertz CT molecular complexity index is 321. The third-order valence-corrected chi connectivity index (χ3v) is 3.57. The molecule has 0 saturated carbocycles. The van der Waals surface area contributed by atoms with Crippen molar-refractivity contribution >= 4 is 5.91 Å². The van der Waals surface area contributed by atoms with Crippen LogP contribution in [-0.2, 0) is 4.79 Å². The second-order valence-electron chi connectivity index (χ2n) is 5.48. The summed E-state index contributed by atoms with van der Waals surface area (Å²) in [5.41, 5.74) is 0. The molecule has 1 aliphatic heterocycles. The van der Waals surface area contributed by atoms with Crippen LogP contribution in [-0.4, -0.2) is 53.9 Å². The minimum Gasteiger partial charge on any atom is -0.393 e. The number of hydrogen-bond acceptors (Lipinski definition) is 3. The van der Waals surface area contributed by atoms with E-state index in [1.54, 1.807) is 11.8 Å². The highest BCUT2D eigenvalue weighted by atomic mass is 19.4. The van der Waals surface area contributed by atoms with Crippen LogP contribution < -0.4 is 5.32 Å². The fourth-order valence-electron chi connectivity index (χ4n) is 2.47. The number of alkyl halides is 3. The number of likely N-dealkylation sites (tertiary alicyclic amines) is 1. The van der Waals surface area contributed by atoms with Gasteiger partial charge in [0.25, 0.3) is 0 Å². The molecule has 1 saturated heterocycles. The van der Waals surface area contributed by atoms with Gasteiger partial charge in [-0.1, -0.05) is 6.92 Å². The Kier molecular flexibility index (Phi) is 6.26. The molecule has 0 aromatic heterocycles. The van der Waals surface area contributed by atoms with Gasteiger partial charge >= 0.3 is 6.18 Å². The number of nitrogens with zero attached hydrogens (tertiary/aromatic N) is 1. The smallest absolute Gasteiger partial charge is 0.393 e. The molecule has 0 spiro atoms. The number of carbonyl (C=O) groups excluding carboxylic acids is 1. The molecule has 3 unspecified atom stereocenters. The summed E-state index contributed by atoms with van der Waals surface area (Å²) < 4.78 is 36.8. The van der Waals surface area contributed by atoms with Crippen molar-refractivity contribution in [2.24, 2.45) is 5.92 Å². The molecule has 3 atom stereocenters. The number of halogens is 3. The van der Waals surface area contributed by atoms with Gasteiger partial charge in [0.05, 0.1) is 12.6 Å². The first-order valence-electron chi connectivity index (χ1n) is 6.99. The van der Waals surface area contributed by atoms with Crippen LogP contribution in [0.3, 0.4) is 0 Å². The molecule has 0 aliphatic carbocycles. The fourth-order valence-corrected chi connectivity index (χ4v) is 2.47. The van der Waals surface area contributed by atoms with Crippen molar-refractivity contribution in [3.8, 4) is 0 Å². The van der Waals surface area contributed by atoms with E-state index in [0.29, 0.717) is 25.8 Å². The van der Waals surface area contributed by atoms with Crippen molar-refractivity contribution < 1.29 is 23.1 Å². The van der Waals surface area contributed by atoms with Gasteiger partial charge in [0.2, 0.25) is 5.91 Å². The average Bonchev–Trinajstić information content (AvgIpc) is 2.35. The molecule has 1 aliphatic rings. The third-order valence-electron chi connectivity index (χ3n) is 3.57. The molecule has 0 radical (unpaired) electrons. The Balaban J connectivity index is 2.63. The predicted molar refractivity (Wildman–Crippen MR) is 69.1 cm³/mol. The van der Waals surface area contributed by atoms with Gasteiger partial charge in [0.1, 0.15) is 0 Å². The number of piperidine rings is 1. The number of aliphatic hydroxyl groups is 1. The summed E-state index contributed by atoms with van der Waals surface area (Å²) in [7, 11) is 0. The number of aliphatic hydroxyl groups excluding tert-OH is 1. The normalized spacial score (nSPS) is 25.6. The van der Waals surface area contributed by atoms with Crippen molar-refractivity contribution in [3.63, 3.8) is 0 Å². The van der Waals surface area contributed by atoms with E-state index in [9.17, 15) is 23.1 Å². The van der Waals surface area contributed by atoms with Crippen molar-refractivity contribution in [1.82, 2.24) is 10.2 Å². The van der Waals surface area contributed by atoms with Crippen LogP contribution >= 0.6 is 0 Å². The van der Waals surface area contributed by atoms with E-state index in [1.807, 2.05) is 6.92 Å². The van der Waals surface area contributed by atoms with Gasteiger partial charge in [-0.05, 0) is 19.8 Å². The lowest BCUT2D eigenvalue weighted by Gasteiger charge is -2.39. The van der Waals surface area contributed by atoms with Crippen molar-refractivity contribution in [2.75, 3.05) is 19.6 Å². The molecule has 1 rings (SSSR count). The van der Waals surface area contributed by atoms with Crippen molar-refractivity contribution in [2.45, 2.75) is 51.4 Å². The first-order chi connectivity index (χ1) is 9.23. The third kappa shape index (κ3) is 5.66. The molecular weight excluding hydrogens is 273 g/mol. The highest BCUT2D eigenvalue weighted by molar-refractivity contribution is 5.76. The van der Waals surface area contributed by atoms with Gasteiger partial charge < -0.3 is 15.3 Å². The van der Waals surface area contributed by atoms with E-state index in [4.69, 9.17) is 0 Å². The number of nitrogens with one attached hydrogen (secondary N) is 1. The number of hydrogen-bond donors (Lipinski definition) is 2. The van der Waals surface area contributed by atoms with Crippen LogP contribution in [0.5, 0.6) is 0 Å². The Morgan fingerprint density at radius 3 is 2.60 bits per heavy atom. The van der Waals surface area contributed by atoms with Crippen LogP contribution in [0, 0.1) is 5.92 Å². The van der Waals surface area contributed by atoms with E-state index < -0.39 is 24.9 Å². The molecule has 4 nitrogen and oxygen atoms in total. The summed E-state index contributed by atoms with van der Waals surface area (Å²) in [6.45, 7) is 3.12.